The Hall–Kier alpha value is -2.64. The van der Waals surface area contributed by atoms with E-state index in [1.54, 1.807) is 23.8 Å². The van der Waals surface area contributed by atoms with Gasteiger partial charge in [-0.3, -0.25) is 4.79 Å². The highest BCUT2D eigenvalue weighted by Crippen LogP contribution is 2.20. The van der Waals surface area contributed by atoms with Gasteiger partial charge in [-0.2, -0.15) is 0 Å². The number of nitrogens with zero attached hydrogens (tertiary/aromatic N) is 4. The maximum atomic E-state index is 12.5. The Labute approximate surface area is 157 Å². The smallest absolute Gasteiger partial charge is 0.270 e. The van der Waals surface area contributed by atoms with Gasteiger partial charge in [0, 0.05) is 24.3 Å². The van der Waals surface area contributed by atoms with Gasteiger partial charge < -0.3 is 10.2 Å². The Bertz CT molecular complexity index is 861. The quantitative estimate of drug-likeness (QED) is 0.725. The van der Waals surface area contributed by atoms with Gasteiger partial charge in [-0.1, -0.05) is 29.8 Å². The minimum atomic E-state index is -0.192. The van der Waals surface area contributed by atoms with Gasteiger partial charge in [0.25, 0.3) is 5.91 Å². The minimum Gasteiger partial charge on any atom is -0.349 e. The van der Waals surface area contributed by atoms with Crippen LogP contribution in [0.3, 0.4) is 0 Å². The first-order valence-corrected chi connectivity index (χ1v) is 9.16. The van der Waals surface area contributed by atoms with Crippen molar-refractivity contribution in [2.45, 2.75) is 13.0 Å². The van der Waals surface area contributed by atoms with Gasteiger partial charge in [-0.05, 0) is 32.6 Å². The lowest BCUT2D eigenvalue weighted by Gasteiger charge is -2.25. The van der Waals surface area contributed by atoms with Crippen molar-refractivity contribution in [1.82, 2.24) is 25.2 Å². The zero-order valence-corrected chi connectivity index (χ0v) is 15.8. The van der Waals surface area contributed by atoms with Crippen molar-refractivity contribution in [2.75, 3.05) is 20.6 Å². The van der Waals surface area contributed by atoms with Crippen molar-refractivity contribution >= 4 is 17.2 Å². The summed E-state index contributed by atoms with van der Waals surface area (Å²) in [5.41, 5.74) is 2.77. The standard InChI is InChI=1S/C19H21N5OS/c1-13-5-7-14(8-6-13)16(24(2)3)11-22-18(25)15-12-26-19(23-15)17-20-9-4-10-21-17/h4-10,12,16H,11H2,1-3H3,(H,22,25). The summed E-state index contributed by atoms with van der Waals surface area (Å²) in [5.74, 6) is 0.338. The zero-order valence-electron chi connectivity index (χ0n) is 15.0. The molecule has 0 aliphatic rings. The molecule has 0 aliphatic carbocycles. The van der Waals surface area contributed by atoms with Gasteiger partial charge in [0.15, 0.2) is 10.8 Å². The fourth-order valence-electron chi connectivity index (χ4n) is 2.56. The summed E-state index contributed by atoms with van der Waals surface area (Å²) in [4.78, 5) is 27.3. The number of likely N-dealkylation sites (N-methyl/N-ethyl adjacent to an activating group) is 1. The average molecular weight is 367 g/mol. The van der Waals surface area contributed by atoms with E-state index in [1.807, 2.05) is 14.1 Å². The number of benzene rings is 1. The van der Waals surface area contributed by atoms with Crippen LogP contribution in [0.25, 0.3) is 10.8 Å². The summed E-state index contributed by atoms with van der Waals surface area (Å²) >= 11 is 1.36. The van der Waals surface area contributed by atoms with Crippen LogP contribution >= 0.6 is 11.3 Å². The molecule has 0 saturated carbocycles. The topological polar surface area (TPSA) is 71.0 Å². The molecular formula is C19H21N5OS. The number of carbonyl (C=O) groups excluding carboxylic acids is 1. The average Bonchev–Trinajstić information content (AvgIpc) is 3.14. The summed E-state index contributed by atoms with van der Waals surface area (Å²) in [5, 5.41) is 5.35. The van der Waals surface area contributed by atoms with E-state index in [9.17, 15) is 4.79 Å². The van der Waals surface area contributed by atoms with Gasteiger partial charge in [0.1, 0.15) is 5.69 Å². The molecule has 1 atom stereocenters. The van der Waals surface area contributed by atoms with Gasteiger partial charge in [-0.25, -0.2) is 15.0 Å². The number of aromatic nitrogens is 3. The van der Waals surface area contributed by atoms with Crippen LogP contribution in [0.4, 0.5) is 0 Å². The maximum Gasteiger partial charge on any atom is 0.270 e. The van der Waals surface area contributed by atoms with Crippen LogP contribution in [0.5, 0.6) is 0 Å². The number of amides is 1. The second-order valence-electron chi connectivity index (χ2n) is 6.21. The van der Waals surface area contributed by atoms with E-state index in [0.29, 0.717) is 23.1 Å². The van der Waals surface area contributed by atoms with E-state index < -0.39 is 0 Å². The fraction of sp³-hybridized carbons (Fsp3) is 0.263. The second kappa shape index (κ2) is 8.16. The molecule has 0 fully saturated rings. The Morgan fingerprint density at radius 1 is 1.19 bits per heavy atom. The summed E-state index contributed by atoms with van der Waals surface area (Å²) < 4.78 is 0. The predicted molar refractivity (Wildman–Crippen MR) is 103 cm³/mol. The highest BCUT2D eigenvalue weighted by Gasteiger charge is 2.18. The van der Waals surface area contributed by atoms with Gasteiger partial charge in [0.2, 0.25) is 0 Å². The van der Waals surface area contributed by atoms with Crippen LogP contribution < -0.4 is 5.32 Å². The van der Waals surface area contributed by atoms with Crippen LogP contribution in [0.15, 0.2) is 48.1 Å². The van der Waals surface area contributed by atoms with Crippen molar-refractivity contribution in [3.05, 3.63) is 64.9 Å². The molecule has 2 heterocycles. The number of carbonyl (C=O) groups is 1. The van der Waals surface area contributed by atoms with E-state index in [-0.39, 0.29) is 11.9 Å². The molecule has 26 heavy (non-hydrogen) atoms. The van der Waals surface area contributed by atoms with Crippen LogP contribution in [-0.2, 0) is 0 Å². The molecule has 0 saturated heterocycles. The normalized spacial score (nSPS) is 12.2. The summed E-state index contributed by atoms with van der Waals surface area (Å²) in [6.07, 6.45) is 3.32. The Morgan fingerprint density at radius 3 is 2.54 bits per heavy atom. The number of nitrogens with one attached hydrogen (secondary N) is 1. The third-order valence-corrected chi connectivity index (χ3v) is 4.87. The highest BCUT2D eigenvalue weighted by molar-refractivity contribution is 7.13. The maximum absolute atomic E-state index is 12.5. The Balaban J connectivity index is 1.67. The third-order valence-electron chi connectivity index (χ3n) is 4.04. The number of hydrogen-bond donors (Lipinski definition) is 1. The van der Waals surface area contributed by atoms with Gasteiger partial charge >= 0.3 is 0 Å². The van der Waals surface area contributed by atoms with Crippen LogP contribution in [-0.4, -0.2) is 46.4 Å². The van der Waals surface area contributed by atoms with Gasteiger partial charge in [0.05, 0.1) is 6.04 Å². The summed E-state index contributed by atoms with van der Waals surface area (Å²) in [6.45, 7) is 2.57. The molecule has 2 aromatic heterocycles. The first-order valence-electron chi connectivity index (χ1n) is 8.28. The van der Waals surface area contributed by atoms with E-state index in [4.69, 9.17) is 0 Å². The molecule has 3 rings (SSSR count). The minimum absolute atomic E-state index is 0.0927. The number of thiazole rings is 1. The zero-order chi connectivity index (χ0) is 18.5. The predicted octanol–water partition coefficient (Wildman–Crippen LogP) is 2.94. The number of rotatable bonds is 6. The molecule has 0 aliphatic heterocycles. The van der Waals surface area contributed by atoms with Crippen LogP contribution in [0.2, 0.25) is 0 Å². The molecule has 134 valence electrons. The molecule has 0 bridgehead atoms. The number of hydrogen-bond acceptors (Lipinski definition) is 6. The number of aryl methyl sites for hydroxylation is 1. The monoisotopic (exact) mass is 367 g/mol. The largest absolute Gasteiger partial charge is 0.349 e. The first kappa shape index (κ1) is 18.2. The molecule has 1 amide bonds. The lowest BCUT2D eigenvalue weighted by atomic mass is 10.0. The molecule has 0 spiro atoms. The molecule has 3 aromatic rings. The molecule has 7 heteroatoms. The molecule has 1 N–H and O–H groups in total. The molecule has 1 aromatic carbocycles. The summed E-state index contributed by atoms with van der Waals surface area (Å²) in [7, 11) is 4.01. The molecule has 1 unspecified atom stereocenters. The van der Waals surface area contributed by atoms with E-state index >= 15 is 0 Å². The lowest BCUT2D eigenvalue weighted by molar-refractivity contribution is 0.0937. The molecular weight excluding hydrogens is 346 g/mol. The molecule has 6 nitrogen and oxygen atoms in total. The fourth-order valence-corrected chi connectivity index (χ4v) is 3.30. The lowest BCUT2D eigenvalue weighted by Crippen LogP contribution is -2.34. The van der Waals surface area contributed by atoms with Gasteiger partial charge in [-0.15, -0.1) is 11.3 Å². The Morgan fingerprint density at radius 2 is 1.88 bits per heavy atom. The SMILES string of the molecule is Cc1ccc(C(CNC(=O)c2csc(-c3ncccn3)n2)N(C)C)cc1. The highest BCUT2D eigenvalue weighted by atomic mass is 32.1. The molecule has 0 radical (unpaired) electrons. The van der Waals surface area contributed by atoms with E-state index in [0.717, 1.165) is 5.56 Å². The second-order valence-corrected chi connectivity index (χ2v) is 7.07. The van der Waals surface area contributed by atoms with Crippen LogP contribution in [0.1, 0.15) is 27.7 Å². The van der Waals surface area contributed by atoms with Crippen molar-refractivity contribution in [3.8, 4) is 10.8 Å². The summed E-state index contributed by atoms with van der Waals surface area (Å²) in [6, 6.07) is 10.2. The van der Waals surface area contributed by atoms with Crippen LogP contribution in [0, 0.1) is 6.92 Å². The van der Waals surface area contributed by atoms with Crippen molar-refractivity contribution in [1.29, 1.82) is 0 Å². The van der Waals surface area contributed by atoms with Crippen molar-refractivity contribution in [3.63, 3.8) is 0 Å². The Kier molecular flexibility index (Phi) is 5.70. The van der Waals surface area contributed by atoms with Crippen molar-refractivity contribution in [2.24, 2.45) is 0 Å². The van der Waals surface area contributed by atoms with E-state index in [1.165, 1.54) is 16.9 Å². The van der Waals surface area contributed by atoms with E-state index in [2.05, 4.69) is 56.4 Å². The van der Waals surface area contributed by atoms with Crippen molar-refractivity contribution < 1.29 is 4.79 Å². The first-order chi connectivity index (χ1) is 12.5. The third kappa shape index (κ3) is 4.30.